The first-order valence-corrected chi connectivity index (χ1v) is 7.01. The number of nitrogens with one attached hydrogen (secondary N) is 1. The second-order valence-electron chi connectivity index (χ2n) is 4.09. The van der Waals surface area contributed by atoms with Crippen molar-refractivity contribution >= 4 is 22.9 Å². The summed E-state index contributed by atoms with van der Waals surface area (Å²) >= 11 is 7.57. The average Bonchev–Trinajstić information content (AvgIpc) is 2.94. The first-order chi connectivity index (χ1) is 8.19. The number of nitrogens with zero attached hydrogens (tertiary/aromatic N) is 1. The van der Waals surface area contributed by atoms with Crippen LogP contribution in [0.5, 0.6) is 0 Å². The molecule has 0 aliphatic rings. The van der Waals surface area contributed by atoms with Crippen LogP contribution in [0.1, 0.15) is 30.3 Å². The minimum Gasteiger partial charge on any atom is -0.354 e. The van der Waals surface area contributed by atoms with Gasteiger partial charge in [0, 0.05) is 36.4 Å². The summed E-state index contributed by atoms with van der Waals surface area (Å²) in [6.07, 6.45) is 4.30. The van der Waals surface area contributed by atoms with E-state index in [1.807, 2.05) is 6.07 Å². The van der Waals surface area contributed by atoms with Crippen LogP contribution in [0, 0.1) is 0 Å². The zero-order valence-corrected chi connectivity index (χ0v) is 11.7. The smallest absolute Gasteiger partial charge is 0.0931 e. The lowest BCUT2D eigenvalue weighted by Gasteiger charge is -2.10. The fraction of sp³-hybridized carbons (Fsp3) is 0.385. The highest BCUT2D eigenvalue weighted by Crippen LogP contribution is 2.26. The molecule has 0 saturated heterocycles. The summed E-state index contributed by atoms with van der Waals surface area (Å²) in [6, 6.07) is 6.54. The number of hydrogen-bond donors (Lipinski definition) is 1. The second kappa shape index (κ2) is 5.71. The van der Waals surface area contributed by atoms with Crippen LogP contribution in [0.3, 0.4) is 0 Å². The molecule has 0 bridgehead atoms. The van der Waals surface area contributed by atoms with Crippen LogP contribution in [0.2, 0.25) is 4.34 Å². The van der Waals surface area contributed by atoms with Gasteiger partial charge in [-0.2, -0.15) is 0 Å². The van der Waals surface area contributed by atoms with Gasteiger partial charge in [0.05, 0.1) is 4.34 Å². The highest BCUT2D eigenvalue weighted by atomic mass is 35.5. The minimum atomic E-state index is 0.345. The van der Waals surface area contributed by atoms with Gasteiger partial charge in [0.2, 0.25) is 0 Å². The molecule has 0 saturated carbocycles. The van der Waals surface area contributed by atoms with Crippen molar-refractivity contribution in [3.05, 3.63) is 45.4 Å². The molecule has 2 heterocycles. The van der Waals surface area contributed by atoms with Crippen LogP contribution >= 0.6 is 22.9 Å². The van der Waals surface area contributed by atoms with Crippen LogP contribution in [-0.4, -0.2) is 4.57 Å². The first kappa shape index (κ1) is 12.7. The van der Waals surface area contributed by atoms with Gasteiger partial charge in [0.1, 0.15) is 0 Å². The van der Waals surface area contributed by atoms with Crippen molar-refractivity contribution in [3.63, 3.8) is 0 Å². The number of thiophene rings is 1. The molecule has 4 heteroatoms. The molecule has 1 unspecified atom stereocenters. The van der Waals surface area contributed by atoms with Gasteiger partial charge in [-0.15, -0.1) is 11.3 Å². The lowest BCUT2D eigenvalue weighted by atomic mass is 10.2. The molecular weight excluding hydrogens is 252 g/mol. The highest BCUT2D eigenvalue weighted by Gasteiger charge is 2.07. The molecule has 2 nitrogen and oxygen atoms in total. The number of rotatable bonds is 5. The summed E-state index contributed by atoms with van der Waals surface area (Å²) in [6.45, 7) is 6.23. The molecule has 0 aromatic carbocycles. The summed E-state index contributed by atoms with van der Waals surface area (Å²) < 4.78 is 3.04. The molecule has 0 radical (unpaired) electrons. The van der Waals surface area contributed by atoms with Crippen molar-refractivity contribution in [2.24, 2.45) is 0 Å². The average molecular weight is 269 g/mol. The van der Waals surface area contributed by atoms with Crippen LogP contribution in [-0.2, 0) is 13.1 Å². The number of hydrogen-bond acceptors (Lipinski definition) is 2. The highest BCUT2D eigenvalue weighted by molar-refractivity contribution is 7.16. The predicted octanol–water partition coefficient (Wildman–Crippen LogP) is 4.07. The summed E-state index contributed by atoms with van der Waals surface area (Å²) in [5, 5.41) is 3.50. The van der Waals surface area contributed by atoms with Gasteiger partial charge in [-0.3, -0.25) is 0 Å². The van der Waals surface area contributed by atoms with Gasteiger partial charge in [-0.05, 0) is 37.6 Å². The number of aromatic nitrogens is 1. The van der Waals surface area contributed by atoms with E-state index >= 15 is 0 Å². The summed E-state index contributed by atoms with van der Waals surface area (Å²) in [5.74, 6) is 0. The van der Waals surface area contributed by atoms with Crippen LogP contribution in [0.4, 0.5) is 0 Å². The van der Waals surface area contributed by atoms with E-state index in [0.717, 1.165) is 17.4 Å². The van der Waals surface area contributed by atoms with E-state index in [9.17, 15) is 0 Å². The molecule has 0 aliphatic carbocycles. The summed E-state index contributed by atoms with van der Waals surface area (Å²) in [5.41, 5.74) is 1.32. The first-order valence-electron chi connectivity index (χ1n) is 5.82. The standard InChI is InChI=1S/C13H17ClN2S/c1-3-16-7-6-11(9-16)8-15-10(2)12-4-5-13(14)17-12/h4-7,9-10,15H,3,8H2,1-2H3. The van der Waals surface area contributed by atoms with E-state index in [-0.39, 0.29) is 0 Å². The monoisotopic (exact) mass is 268 g/mol. The Morgan fingerprint density at radius 2 is 2.24 bits per heavy atom. The topological polar surface area (TPSA) is 17.0 Å². The Hall–Kier alpha value is -0.770. The quantitative estimate of drug-likeness (QED) is 0.865. The number of aryl methyl sites for hydroxylation is 1. The minimum absolute atomic E-state index is 0.345. The maximum atomic E-state index is 5.93. The van der Waals surface area contributed by atoms with E-state index in [1.54, 1.807) is 11.3 Å². The van der Waals surface area contributed by atoms with E-state index in [2.05, 4.69) is 48.3 Å². The lowest BCUT2D eigenvalue weighted by Crippen LogP contribution is -2.16. The third-order valence-electron chi connectivity index (χ3n) is 2.81. The molecule has 17 heavy (non-hydrogen) atoms. The van der Waals surface area contributed by atoms with Crippen LogP contribution < -0.4 is 5.32 Å². The molecule has 0 spiro atoms. The SMILES string of the molecule is CCn1ccc(CNC(C)c2ccc(Cl)s2)c1. The zero-order valence-electron chi connectivity index (χ0n) is 10.1. The van der Waals surface area contributed by atoms with Gasteiger partial charge in [-0.1, -0.05) is 11.6 Å². The Morgan fingerprint density at radius 3 is 2.82 bits per heavy atom. The van der Waals surface area contributed by atoms with E-state index < -0.39 is 0 Å². The van der Waals surface area contributed by atoms with Crippen molar-refractivity contribution in [1.82, 2.24) is 9.88 Å². The summed E-state index contributed by atoms with van der Waals surface area (Å²) in [4.78, 5) is 1.28. The van der Waals surface area contributed by atoms with E-state index in [1.165, 1.54) is 10.4 Å². The van der Waals surface area contributed by atoms with E-state index in [0.29, 0.717) is 6.04 Å². The Bertz CT molecular complexity index is 475. The van der Waals surface area contributed by atoms with Crippen molar-refractivity contribution in [3.8, 4) is 0 Å². The molecule has 0 amide bonds. The van der Waals surface area contributed by atoms with Crippen LogP contribution in [0.25, 0.3) is 0 Å². The molecule has 2 aromatic rings. The molecule has 1 atom stereocenters. The summed E-state index contributed by atoms with van der Waals surface area (Å²) in [7, 11) is 0. The maximum absolute atomic E-state index is 5.93. The molecule has 1 N–H and O–H groups in total. The molecule has 0 aliphatic heterocycles. The van der Waals surface area contributed by atoms with Gasteiger partial charge >= 0.3 is 0 Å². The third kappa shape index (κ3) is 3.35. The van der Waals surface area contributed by atoms with Crippen LogP contribution in [0.15, 0.2) is 30.6 Å². The van der Waals surface area contributed by atoms with Crippen molar-refractivity contribution < 1.29 is 0 Å². The van der Waals surface area contributed by atoms with Gasteiger partial charge in [-0.25, -0.2) is 0 Å². The normalized spacial score (nSPS) is 12.9. The van der Waals surface area contributed by atoms with Crippen molar-refractivity contribution in [2.75, 3.05) is 0 Å². The second-order valence-corrected chi connectivity index (χ2v) is 5.84. The molecule has 92 valence electrons. The Labute approximate surface area is 111 Å². The Balaban J connectivity index is 1.89. The maximum Gasteiger partial charge on any atom is 0.0931 e. The Morgan fingerprint density at radius 1 is 1.41 bits per heavy atom. The molecular formula is C13H17ClN2S. The fourth-order valence-electron chi connectivity index (χ4n) is 1.72. The van der Waals surface area contributed by atoms with Gasteiger partial charge in [0.25, 0.3) is 0 Å². The largest absolute Gasteiger partial charge is 0.354 e. The Kier molecular flexibility index (Phi) is 4.26. The predicted molar refractivity (Wildman–Crippen MR) is 74.7 cm³/mol. The molecule has 2 rings (SSSR count). The lowest BCUT2D eigenvalue weighted by molar-refractivity contribution is 0.582. The van der Waals surface area contributed by atoms with Gasteiger partial charge in [0.15, 0.2) is 0 Å². The molecule has 2 aromatic heterocycles. The fourth-order valence-corrected chi connectivity index (χ4v) is 2.81. The third-order valence-corrected chi connectivity index (χ3v) is 4.22. The number of halogens is 1. The zero-order chi connectivity index (χ0) is 12.3. The van der Waals surface area contributed by atoms with E-state index in [4.69, 9.17) is 11.6 Å². The van der Waals surface area contributed by atoms with Crippen molar-refractivity contribution in [1.29, 1.82) is 0 Å². The molecule has 0 fully saturated rings. The van der Waals surface area contributed by atoms with Gasteiger partial charge < -0.3 is 9.88 Å². The van der Waals surface area contributed by atoms with Crippen molar-refractivity contribution in [2.45, 2.75) is 33.0 Å².